The van der Waals surface area contributed by atoms with Crippen LogP contribution in [0.25, 0.3) is 0 Å². The van der Waals surface area contributed by atoms with Crippen LogP contribution in [0.3, 0.4) is 0 Å². The number of carboxylic acid groups (broad SMARTS) is 1. The molecule has 1 aromatic carbocycles. The number of benzene rings is 1. The van der Waals surface area contributed by atoms with Crippen LogP contribution in [0.2, 0.25) is 0 Å². The van der Waals surface area contributed by atoms with E-state index in [-0.39, 0.29) is 24.9 Å². The Labute approximate surface area is 125 Å². The Morgan fingerprint density at radius 1 is 1.45 bits per heavy atom. The van der Waals surface area contributed by atoms with E-state index in [1.54, 1.807) is 30.2 Å². The number of carbonyl (C=O) groups excluding carboxylic acids is 1. The van der Waals surface area contributed by atoms with Crippen molar-refractivity contribution in [2.24, 2.45) is 0 Å². The van der Waals surface area contributed by atoms with E-state index in [1.807, 2.05) is 0 Å². The fourth-order valence-electron chi connectivity index (χ4n) is 2.02. The van der Waals surface area contributed by atoms with E-state index < -0.39 is 5.97 Å². The van der Waals surface area contributed by atoms with E-state index in [0.29, 0.717) is 15.8 Å². The second-order valence-electron chi connectivity index (χ2n) is 4.72. The molecule has 0 spiro atoms. The third-order valence-electron chi connectivity index (χ3n) is 3.21. The number of carboxylic acids is 1. The van der Waals surface area contributed by atoms with Crippen molar-refractivity contribution in [2.75, 3.05) is 13.7 Å². The lowest BCUT2D eigenvalue weighted by molar-refractivity contribution is -0.137. The topological polar surface area (TPSA) is 66.8 Å². The molecule has 6 heteroatoms. The second-order valence-corrected chi connectivity index (χ2v) is 5.58. The molecule has 1 fully saturated rings. The first kappa shape index (κ1) is 14.8. The highest BCUT2D eigenvalue weighted by Crippen LogP contribution is 2.30. The van der Waals surface area contributed by atoms with Gasteiger partial charge in [-0.1, -0.05) is 0 Å². The number of hydrogen-bond donors (Lipinski definition) is 1. The fourth-order valence-corrected chi connectivity index (χ4v) is 2.56. The molecule has 1 amide bonds. The van der Waals surface area contributed by atoms with Gasteiger partial charge in [-0.3, -0.25) is 9.59 Å². The van der Waals surface area contributed by atoms with E-state index in [0.717, 1.165) is 12.8 Å². The SMILES string of the molecule is COc1ccc(C(=O)N(CCC(=O)O)C2CC2)cc1Br. The first-order valence-electron chi connectivity index (χ1n) is 6.39. The van der Waals surface area contributed by atoms with Gasteiger partial charge in [-0.25, -0.2) is 0 Å². The number of rotatable bonds is 6. The third kappa shape index (κ3) is 3.50. The summed E-state index contributed by atoms with van der Waals surface area (Å²) in [6, 6.07) is 5.31. The van der Waals surface area contributed by atoms with Crippen molar-refractivity contribution in [2.45, 2.75) is 25.3 Å². The van der Waals surface area contributed by atoms with Crippen LogP contribution in [0.5, 0.6) is 5.75 Å². The van der Waals surface area contributed by atoms with Gasteiger partial charge in [0.2, 0.25) is 0 Å². The minimum absolute atomic E-state index is 0.0282. The Balaban J connectivity index is 2.14. The highest BCUT2D eigenvalue weighted by atomic mass is 79.9. The number of halogens is 1. The lowest BCUT2D eigenvalue weighted by atomic mass is 10.2. The molecular formula is C14H16BrNO4. The Morgan fingerprint density at radius 3 is 2.65 bits per heavy atom. The second kappa shape index (κ2) is 6.26. The molecule has 5 nitrogen and oxygen atoms in total. The van der Waals surface area contributed by atoms with E-state index in [9.17, 15) is 9.59 Å². The Morgan fingerprint density at radius 2 is 2.15 bits per heavy atom. The number of amides is 1. The molecular weight excluding hydrogens is 326 g/mol. The first-order chi connectivity index (χ1) is 9.52. The summed E-state index contributed by atoms with van der Waals surface area (Å²) in [6.45, 7) is 0.252. The van der Waals surface area contributed by atoms with Crippen LogP contribution in [-0.2, 0) is 4.79 Å². The van der Waals surface area contributed by atoms with Crippen LogP contribution in [0.15, 0.2) is 22.7 Å². The number of methoxy groups -OCH3 is 1. The summed E-state index contributed by atoms with van der Waals surface area (Å²) >= 11 is 3.35. The molecule has 1 aromatic rings. The van der Waals surface area contributed by atoms with Crippen molar-refractivity contribution >= 4 is 27.8 Å². The van der Waals surface area contributed by atoms with Crippen LogP contribution in [0, 0.1) is 0 Å². The average Bonchev–Trinajstić information content (AvgIpc) is 3.23. The highest BCUT2D eigenvalue weighted by Gasteiger charge is 2.33. The molecule has 0 aliphatic heterocycles. The van der Waals surface area contributed by atoms with Gasteiger partial charge in [-0.15, -0.1) is 0 Å². The number of ether oxygens (including phenoxy) is 1. The summed E-state index contributed by atoms with van der Waals surface area (Å²) < 4.78 is 5.84. The van der Waals surface area contributed by atoms with Gasteiger partial charge in [-0.05, 0) is 47.0 Å². The summed E-state index contributed by atoms with van der Waals surface area (Å²) in [4.78, 5) is 24.8. The lowest BCUT2D eigenvalue weighted by Gasteiger charge is -2.22. The molecule has 0 saturated heterocycles. The molecule has 0 aromatic heterocycles. The zero-order valence-electron chi connectivity index (χ0n) is 11.1. The van der Waals surface area contributed by atoms with Gasteiger partial charge >= 0.3 is 5.97 Å². The number of carbonyl (C=O) groups is 2. The van der Waals surface area contributed by atoms with Crippen molar-refractivity contribution in [1.29, 1.82) is 0 Å². The summed E-state index contributed by atoms with van der Waals surface area (Å²) in [5, 5.41) is 8.77. The summed E-state index contributed by atoms with van der Waals surface area (Å²) in [6.07, 6.45) is 1.87. The van der Waals surface area contributed by atoms with Gasteiger partial charge in [0.25, 0.3) is 5.91 Å². The molecule has 20 heavy (non-hydrogen) atoms. The predicted octanol–water partition coefficient (Wildman–Crippen LogP) is 2.54. The van der Waals surface area contributed by atoms with Gasteiger partial charge in [0.1, 0.15) is 5.75 Å². The third-order valence-corrected chi connectivity index (χ3v) is 3.83. The average molecular weight is 342 g/mol. The van der Waals surface area contributed by atoms with Crippen molar-refractivity contribution < 1.29 is 19.4 Å². The Bertz CT molecular complexity index is 528. The predicted molar refractivity (Wildman–Crippen MR) is 77.0 cm³/mol. The van der Waals surface area contributed by atoms with Gasteiger partial charge in [0.15, 0.2) is 0 Å². The van der Waals surface area contributed by atoms with Crippen molar-refractivity contribution in [3.63, 3.8) is 0 Å². The van der Waals surface area contributed by atoms with Crippen LogP contribution in [-0.4, -0.2) is 41.6 Å². The molecule has 0 radical (unpaired) electrons. The molecule has 1 saturated carbocycles. The van der Waals surface area contributed by atoms with Crippen LogP contribution in [0.1, 0.15) is 29.6 Å². The van der Waals surface area contributed by atoms with E-state index in [4.69, 9.17) is 9.84 Å². The summed E-state index contributed by atoms with van der Waals surface area (Å²) in [5.74, 6) is -0.360. The summed E-state index contributed by atoms with van der Waals surface area (Å²) in [7, 11) is 1.56. The highest BCUT2D eigenvalue weighted by molar-refractivity contribution is 9.10. The van der Waals surface area contributed by atoms with Gasteiger partial charge in [0.05, 0.1) is 18.0 Å². The zero-order chi connectivity index (χ0) is 14.7. The van der Waals surface area contributed by atoms with Crippen molar-refractivity contribution in [3.8, 4) is 5.75 Å². The van der Waals surface area contributed by atoms with Crippen molar-refractivity contribution in [3.05, 3.63) is 28.2 Å². The molecule has 1 aliphatic rings. The van der Waals surface area contributed by atoms with Crippen LogP contribution in [0.4, 0.5) is 0 Å². The molecule has 0 bridgehead atoms. The Kier molecular flexibility index (Phi) is 4.65. The largest absolute Gasteiger partial charge is 0.496 e. The minimum Gasteiger partial charge on any atom is -0.496 e. The minimum atomic E-state index is -0.889. The maximum absolute atomic E-state index is 12.5. The molecule has 0 unspecified atom stereocenters. The maximum atomic E-state index is 12.5. The smallest absolute Gasteiger partial charge is 0.305 e. The number of hydrogen-bond acceptors (Lipinski definition) is 3. The van der Waals surface area contributed by atoms with Crippen LogP contribution < -0.4 is 4.74 Å². The monoisotopic (exact) mass is 341 g/mol. The van der Waals surface area contributed by atoms with Gasteiger partial charge in [-0.2, -0.15) is 0 Å². The molecule has 2 rings (SSSR count). The Hall–Kier alpha value is -1.56. The normalized spacial score (nSPS) is 13.9. The molecule has 108 valence electrons. The standard InChI is InChI=1S/C14H16BrNO4/c1-20-12-5-2-9(8-11(12)15)14(19)16(10-3-4-10)7-6-13(17)18/h2,5,8,10H,3-4,6-7H2,1H3,(H,17,18). The molecule has 0 atom stereocenters. The van der Waals surface area contributed by atoms with Gasteiger partial charge < -0.3 is 14.7 Å². The first-order valence-corrected chi connectivity index (χ1v) is 7.18. The number of aliphatic carboxylic acids is 1. The molecule has 1 aliphatic carbocycles. The van der Waals surface area contributed by atoms with E-state index >= 15 is 0 Å². The zero-order valence-corrected chi connectivity index (χ0v) is 12.7. The van der Waals surface area contributed by atoms with Crippen LogP contribution >= 0.6 is 15.9 Å². The molecule has 0 heterocycles. The van der Waals surface area contributed by atoms with Gasteiger partial charge in [0, 0.05) is 18.2 Å². The van der Waals surface area contributed by atoms with Crippen molar-refractivity contribution in [1.82, 2.24) is 4.90 Å². The van der Waals surface area contributed by atoms with E-state index in [2.05, 4.69) is 15.9 Å². The maximum Gasteiger partial charge on any atom is 0.305 e. The quantitative estimate of drug-likeness (QED) is 0.863. The fraction of sp³-hybridized carbons (Fsp3) is 0.429. The molecule has 1 N–H and O–H groups in total. The lowest BCUT2D eigenvalue weighted by Crippen LogP contribution is -2.35. The van der Waals surface area contributed by atoms with E-state index in [1.165, 1.54) is 0 Å². The number of nitrogens with zero attached hydrogens (tertiary/aromatic N) is 1. The summed E-state index contributed by atoms with van der Waals surface area (Å²) in [5.41, 5.74) is 0.537.